The van der Waals surface area contributed by atoms with E-state index in [0.29, 0.717) is 10.2 Å². The molecule has 1 N–H and O–H groups in total. The van der Waals surface area contributed by atoms with Crippen molar-refractivity contribution in [3.63, 3.8) is 0 Å². The second-order valence-electron chi connectivity index (χ2n) is 3.67. The molecule has 1 unspecified atom stereocenters. The lowest BCUT2D eigenvalue weighted by molar-refractivity contribution is 0.121. The van der Waals surface area contributed by atoms with Crippen molar-refractivity contribution in [2.24, 2.45) is 5.92 Å². The van der Waals surface area contributed by atoms with Gasteiger partial charge in [-0.1, -0.05) is 13.8 Å². The van der Waals surface area contributed by atoms with Crippen LogP contribution in [0.5, 0.6) is 5.75 Å². The van der Waals surface area contributed by atoms with Gasteiger partial charge in [-0.15, -0.1) is 0 Å². The molecule has 0 aliphatic carbocycles. The predicted octanol–water partition coefficient (Wildman–Crippen LogP) is 3.29. The Hall–Kier alpha value is -0.610. The van der Waals surface area contributed by atoms with Crippen LogP contribution in [0.25, 0.3) is 0 Å². The van der Waals surface area contributed by atoms with Gasteiger partial charge in [-0.2, -0.15) is 0 Å². The zero-order valence-corrected chi connectivity index (χ0v) is 10.5. The van der Waals surface area contributed by atoms with E-state index in [4.69, 9.17) is 4.74 Å². The van der Waals surface area contributed by atoms with Crippen molar-refractivity contribution in [3.8, 4) is 5.75 Å². The van der Waals surface area contributed by atoms with Crippen molar-refractivity contribution >= 4 is 15.9 Å². The van der Waals surface area contributed by atoms with Gasteiger partial charge in [0, 0.05) is 5.56 Å². The van der Waals surface area contributed by atoms with Crippen LogP contribution < -0.4 is 4.74 Å². The van der Waals surface area contributed by atoms with Crippen molar-refractivity contribution in [2.75, 3.05) is 7.11 Å². The molecule has 0 aliphatic heterocycles. The van der Waals surface area contributed by atoms with Gasteiger partial charge >= 0.3 is 0 Å². The maximum absolute atomic E-state index is 13.5. The van der Waals surface area contributed by atoms with Gasteiger partial charge in [-0.05, 0) is 34.0 Å². The molecular weight excluding hydrogens is 263 g/mol. The van der Waals surface area contributed by atoms with Gasteiger partial charge in [0.1, 0.15) is 11.6 Å². The fourth-order valence-corrected chi connectivity index (χ4v) is 2.03. The summed E-state index contributed by atoms with van der Waals surface area (Å²) < 4.78 is 19.1. The number of halogens is 2. The molecule has 0 bridgehead atoms. The lowest BCUT2D eigenvalue weighted by Crippen LogP contribution is -2.09. The first-order chi connectivity index (χ1) is 6.99. The average Bonchev–Trinajstić information content (AvgIpc) is 2.17. The zero-order valence-electron chi connectivity index (χ0n) is 8.92. The molecule has 0 fully saturated rings. The van der Waals surface area contributed by atoms with Crippen LogP contribution in [0.2, 0.25) is 0 Å². The summed E-state index contributed by atoms with van der Waals surface area (Å²) in [7, 11) is 1.50. The summed E-state index contributed by atoms with van der Waals surface area (Å²) >= 11 is 3.24. The van der Waals surface area contributed by atoms with Gasteiger partial charge in [0.05, 0.1) is 17.7 Å². The highest BCUT2D eigenvalue weighted by molar-refractivity contribution is 9.10. The second-order valence-corrected chi connectivity index (χ2v) is 4.46. The van der Waals surface area contributed by atoms with Gasteiger partial charge in [-0.3, -0.25) is 0 Å². The molecule has 0 aromatic heterocycles. The summed E-state index contributed by atoms with van der Waals surface area (Å²) in [4.78, 5) is 0. The average molecular weight is 277 g/mol. The highest BCUT2D eigenvalue weighted by atomic mass is 79.9. The first-order valence-electron chi connectivity index (χ1n) is 4.69. The van der Waals surface area contributed by atoms with E-state index >= 15 is 0 Å². The summed E-state index contributed by atoms with van der Waals surface area (Å²) in [6.45, 7) is 3.66. The Morgan fingerprint density at radius 1 is 1.40 bits per heavy atom. The van der Waals surface area contributed by atoms with E-state index in [1.807, 2.05) is 13.8 Å². The molecule has 1 aromatic rings. The lowest BCUT2D eigenvalue weighted by Gasteiger charge is -2.18. The van der Waals surface area contributed by atoms with Gasteiger partial charge in [0.15, 0.2) is 0 Å². The number of ether oxygens (including phenoxy) is 1. The van der Waals surface area contributed by atoms with E-state index in [9.17, 15) is 9.50 Å². The first kappa shape index (κ1) is 12.5. The highest BCUT2D eigenvalue weighted by Crippen LogP contribution is 2.36. The Labute approximate surface area is 97.2 Å². The number of hydrogen-bond donors (Lipinski definition) is 1. The molecule has 1 atom stereocenters. The highest BCUT2D eigenvalue weighted by Gasteiger charge is 2.21. The molecule has 2 nitrogen and oxygen atoms in total. The molecule has 0 aliphatic rings. The van der Waals surface area contributed by atoms with Crippen molar-refractivity contribution in [1.82, 2.24) is 0 Å². The number of methoxy groups -OCH3 is 1. The van der Waals surface area contributed by atoms with E-state index < -0.39 is 11.9 Å². The Kier molecular flexibility index (Phi) is 4.11. The van der Waals surface area contributed by atoms with Crippen LogP contribution in [0.15, 0.2) is 16.6 Å². The zero-order chi connectivity index (χ0) is 11.6. The molecule has 0 amide bonds. The van der Waals surface area contributed by atoms with Crippen LogP contribution in [0.1, 0.15) is 25.5 Å². The van der Waals surface area contributed by atoms with Crippen molar-refractivity contribution in [2.45, 2.75) is 20.0 Å². The second kappa shape index (κ2) is 4.94. The minimum absolute atomic E-state index is 0.0529. The van der Waals surface area contributed by atoms with E-state index in [1.165, 1.54) is 19.2 Å². The maximum Gasteiger partial charge on any atom is 0.133 e. The maximum atomic E-state index is 13.5. The predicted molar refractivity (Wildman–Crippen MR) is 60.4 cm³/mol. The Balaban J connectivity index is 3.26. The van der Waals surface area contributed by atoms with E-state index in [0.717, 1.165) is 0 Å². The molecule has 0 heterocycles. The molecule has 1 rings (SSSR count). The third-order valence-electron chi connectivity index (χ3n) is 2.24. The number of hydrogen-bond acceptors (Lipinski definition) is 2. The molecule has 4 heteroatoms. The van der Waals surface area contributed by atoms with Gasteiger partial charge in [0.25, 0.3) is 0 Å². The van der Waals surface area contributed by atoms with Gasteiger partial charge < -0.3 is 9.84 Å². The molecule has 15 heavy (non-hydrogen) atoms. The van der Waals surface area contributed by atoms with Crippen LogP contribution in [-0.2, 0) is 0 Å². The van der Waals surface area contributed by atoms with E-state index in [1.54, 1.807) is 0 Å². The van der Waals surface area contributed by atoms with E-state index in [-0.39, 0.29) is 11.5 Å². The largest absolute Gasteiger partial charge is 0.496 e. The summed E-state index contributed by atoms with van der Waals surface area (Å²) in [5.41, 5.74) is 0.254. The third kappa shape index (κ3) is 2.49. The number of aliphatic hydroxyl groups excluding tert-OH is 1. The number of benzene rings is 1. The summed E-state index contributed by atoms with van der Waals surface area (Å²) in [6.07, 6.45) is -0.838. The van der Waals surface area contributed by atoms with Crippen LogP contribution in [0.3, 0.4) is 0 Å². The molecule has 0 radical (unpaired) electrons. The summed E-state index contributed by atoms with van der Waals surface area (Å²) in [5, 5.41) is 9.85. The quantitative estimate of drug-likeness (QED) is 0.918. The van der Waals surface area contributed by atoms with Crippen molar-refractivity contribution < 1.29 is 14.2 Å². The number of aliphatic hydroxyl groups is 1. The van der Waals surface area contributed by atoms with Crippen LogP contribution >= 0.6 is 15.9 Å². The minimum atomic E-state index is -0.838. The molecule has 0 saturated heterocycles. The Morgan fingerprint density at radius 2 is 2.00 bits per heavy atom. The fraction of sp³-hybridized carbons (Fsp3) is 0.455. The van der Waals surface area contributed by atoms with E-state index in [2.05, 4.69) is 15.9 Å². The van der Waals surface area contributed by atoms with Crippen LogP contribution in [0, 0.1) is 11.7 Å². The Morgan fingerprint density at radius 3 is 2.47 bits per heavy atom. The topological polar surface area (TPSA) is 29.5 Å². The van der Waals surface area contributed by atoms with Crippen LogP contribution in [-0.4, -0.2) is 12.2 Å². The van der Waals surface area contributed by atoms with Gasteiger partial charge in [-0.25, -0.2) is 4.39 Å². The Bertz CT molecular complexity index is 353. The molecular formula is C11H14BrFO2. The normalized spacial score (nSPS) is 13.0. The minimum Gasteiger partial charge on any atom is -0.496 e. The summed E-state index contributed by atoms with van der Waals surface area (Å²) in [6, 6.07) is 2.82. The van der Waals surface area contributed by atoms with Crippen molar-refractivity contribution in [1.29, 1.82) is 0 Å². The van der Waals surface area contributed by atoms with Gasteiger partial charge in [0.2, 0.25) is 0 Å². The first-order valence-corrected chi connectivity index (χ1v) is 5.48. The van der Waals surface area contributed by atoms with Crippen LogP contribution in [0.4, 0.5) is 4.39 Å². The lowest BCUT2D eigenvalue weighted by atomic mass is 9.98. The standard InChI is InChI=1S/C11H14BrFO2/c1-6(2)11(14)9-7(13)4-5-8(15-3)10(9)12/h4-6,11,14H,1-3H3. The SMILES string of the molecule is COc1ccc(F)c(C(O)C(C)C)c1Br. The molecule has 0 spiro atoms. The van der Waals surface area contributed by atoms with Crippen molar-refractivity contribution in [3.05, 3.63) is 28.0 Å². The monoisotopic (exact) mass is 276 g/mol. The fourth-order valence-electron chi connectivity index (χ4n) is 1.31. The third-order valence-corrected chi connectivity index (χ3v) is 3.06. The molecule has 84 valence electrons. The molecule has 0 saturated carbocycles. The summed E-state index contributed by atoms with van der Waals surface area (Å²) in [5.74, 6) is 0.0397. The molecule has 1 aromatic carbocycles. The smallest absolute Gasteiger partial charge is 0.133 e. The number of rotatable bonds is 3.